The standard InChI is InChI=1S/C26H30F2N2O4/c1-14(2)20-11-18(34-24(27)28)12-21(16-6-7-16)23(20)30-25(32)29-22(13-31)19-9-8-17(10-15(19)3)26(4,5)33/h8-14,16,24,33H,6-7H2,1-5H3,(H,30,32). The molecule has 6 nitrogen and oxygen atoms in total. The molecule has 34 heavy (non-hydrogen) atoms. The van der Waals surface area contributed by atoms with E-state index in [4.69, 9.17) is 0 Å². The average molecular weight is 473 g/mol. The lowest BCUT2D eigenvalue weighted by molar-refractivity contribution is -0.102. The molecule has 182 valence electrons. The number of carbonyl (C=O) groups excluding carboxylic acids is 2. The molecule has 0 radical (unpaired) electrons. The molecular weight excluding hydrogens is 442 g/mol. The summed E-state index contributed by atoms with van der Waals surface area (Å²) in [6, 6.07) is 7.38. The van der Waals surface area contributed by atoms with E-state index in [1.165, 1.54) is 12.1 Å². The van der Waals surface area contributed by atoms with Crippen molar-refractivity contribution >= 4 is 23.7 Å². The Morgan fingerprint density at radius 2 is 1.91 bits per heavy atom. The van der Waals surface area contributed by atoms with E-state index < -0.39 is 18.2 Å². The maximum Gasteiger partial charge on any atom is 0.387 e. The van der Waals surface area contributed by atoms with Gasteiger partial charge in [-0.25, -0.2) is 4.79 Å². The highest BCUT2D eigenvalue weighted by atomic mass is 19.3. The number of hydrogen-bond acceptors (Lipinski definition) is 4. The van der Waals surface area contributed by atoms with Crippen LogP contribution in [0.1, 0.15) is 80.2 Å². The number of aldehydes is 1. The molecule has 0 bridgehead atoms. The minimum atomic E-state index is -2.95. The van der Waals surface area contributed by atoms with Crippen molar-refractivity contribution in [3.63, 3.8) is 0 Å². The quantitative estimate of drug-likeness (QED) is 0.362. The topological polar surface area (TPSA) is 88.0 Å². The van der Waals surface area contributed by atoms with E-state index in [-0.39, 0.29) is 23.3 Å². The maximum atomic E-state index is 12.9. The summed E-state index contributed by atoms with van der Waals surface area (Å²) in [5, 5.41) is 13.0. The number of nitrogens with zero attached hydrogens (tertiary/aromatic N) is 1. The van der Waals surface area contributed by atoms with Crippen LogP contribution in [0.2, 0.25) is 0 Å². The smallest absolute Gasteiger partial charge is 0.387 e. The summed E-state index contributed by atoms with van der Waals surface area (Å²) in [5.41, 5.74) is 2.64. The predicted molar refractivity (Wildman–Crippen MR) is 127 cm³/mol. The van der Waals surface area contributed by atoms with Crippen LogP contribution in [-0.2, 0) is 10.4 Å². The molecule has 0 unspecified atom stereocenters. The summed E-state index contributed by atoms with van der Waals surface area (Å²) in [5.74, 6) is 0.110. The molecule has 1 aliphatic carbocycles. The van der Waals surface area contributed by atoms with Crippen LogP contribution in [0.3, 0.4) is 0 Å². The molecule has 2 aromatic carbocycles. The SMILES string of the molecule is Cc1cc(C(C)(C)O)ccc1C(C=O)=NC(=O)Nc1c(C(C)C)cc(OC(F)F)cc1C1CC1. The van der Waals surface area contributed by atoms with E-state index in [0.717, 1.165) is 18.4 Å². The minimum Gasteiger partial charge on any atom is -0.435 e. The molecule has 3 rings (SSSR count). The first-order chi connectivity index (χ1) is 15.9. The molecule has 0 heterocycles. The summed E-state index contributed by atoms with van der Waals surface area (Å²) in [7, 11) is 0. The second-order valence-electron chi connectivity index (χ2n) is 9.42. The van der Waals surface area contributed by atoms with Crippen LogP contribution in [0.5, 0.6) is 5.75 Å². The molecular formula is C26H30F2N2O4. The first kappa shape index (κ1) is 25.5. The highest BCUT2D eigenvalue weighted by Crippen LogP contribution is 2.47. The van der Waals surface area contributed by atoms with Gasteiger partial charge in [0.25, 0.3) is 0 Å². The van der Waals surface area contributed by atoms with Gasteiger partial charge >= 0.3 is 12.6 Å². The number of carbonyl (C=O) groups is 2. The van der Waals surface area contributed by atoms with Crippen molar-refractivity contribution in [3.05, 3.63) is 58.1 Å². The summed E-state index contributed by atoms with van der Waals surface area (Å²) < 4.78 is 30.3. The number of rotatable bonds is 8. The molecule has 1 fully saturated rings. The van der Waals surface area contributed by atoms with E-state index in [1.54, 1.807) is 39.0 Å². The first-order valence-electron chi connectivity index (χ1n) is 11.2. The van der Waals surface area contributed by atoms with Crippen molar-refractivity contribution in [2.45, 2.75) is 71.5 Å². The van der Waals surface area contributed by atoms with Crippen LogP contribution in [0.4, 0.5) is 19.3 Å². The van der Waals surface area contributed by atoms with Crippen molar-refractivity contribution in [2.24, 2.45) is 4.99 Å². The highest BCUT2D eigenvalue weighted by Gasteiger charge is 2.30. The number of nitrogens with one attached hydrogen (secondary N) is 1. The van der Waals surface area contributed by atoms with Gasteiger partial charge in [0.05, 0.1) is 5.60 Å². The number of alkyl halides is 2. The highest BCUT2D eigenvalue weighted by molar-refractivity contribution is 6.38. The summed E-state index contributed by atoms with van der Waals surface area (Å²) in [6.45, 7) is 5.92. The Hall–Kier alpha value is -3.13. The largest absolute Gasteiger partial charge is 0.435 e. The van der Waals surface area contributed by atoms with Gasteiger partial charge in [0, 0.05) is 11.3 Å². The van der Waals surface area contributed by atoms with Crippen molar-refractivity contribution in [1.29, 1.82) is 0 Å². The third-order valence-corrected chi connectivity index (χ3v) is 5.81. The van der Waals surface area contributed by atoms with Crippen LogP contribution < -0.4 is 10.1 Å². The maximum absolute atomic E-state index is 12.9. The Kier molecular flexibility index (Phi) is 7.51. The van der Waals surface area contributed by atoms with Gasteiger partial charge in [-0.3, -0.25) is 4.79 Å². The lowest BCUT2D eigenvalue weighted by atomic mass is 9.93. The number of hydrogen-bond donors (Lipinski definition) is 2. The van der Waals surface area contributed by atoms with Crippen molar-refractivity contribution in [3.8, 4) is 5.75 Å². The fourth-order valence-corrected chi connectivity index (χ4v) is 3.87. The van der Waals surface area contributed by atoms with Gasteiger partial charge in [-0.05, 0) is 79.8 Å². The molecule has 0 atom stereocenters. The average Bonchev–Trinajstić information content (AvgIpc) is 3.57. The molecule has 0 spiro atoms. The van der Waals surface area contributed by atoms with Crippen molar-refractivity contribution in [1.82, 2.24) is 0 Å². The minimum absolute atomic E-state index is 0.0472. The number of aryl methyl sites for hydroxylation is 1. The second kappa shape index (κ2) is 10.0. The lowest BCUT2D eigenvalue weighted by Crippen LogP contribution is -2.18. The van der Waals surface area contributed by atoms with Crippen LogP contribution >= 0.6 is 0 Å². The summed E-state index contributed by atoms with van der Waals surface area (Å²) in [6.07, 6.45) is 2.28. The Labute approximate surface area is 198 Å². The van der Waals surface area contributed by atoms with Crippen LogP contribution in [0, 0.1) is 6.92 Å². The lowest BCUT2D eigenvalue weighted by Gasteiger charge is -2.20. The molecule has 2 aromatic rings. The Bertz CT molecular complexity index is 1090. The summed E-state index contributed by atoms with van der Waals surface area (Å²) >= 11 is 0. The molecule has 1 aliphatic rings. The van der Waals surface area contributed by atoms with Crippen LogP contribution in [0.15, 0.2) is 35.3 Å². The third kappa shape index (κ3) is 6.05. The number of aliphatic hydroxyl groups is 1. The number of amides is 2. The first-order valence-corrected chi connectivity index (χ1v) is 11.2. The zero-order valence-corrected chi connectivity index (χ0v) is 20.0. The van der Waals surface area contributed by atoms with Crippen LogP contribution in [0.25, 0.3) is 0 Å². The van der Waals surface area contributed by atoms with E-state index in [1.807, 2.05) is 13.8 Å². The molecule has 0 aromatic heterocycles. The fraction of sp³-hybridized carbons (Fsp3) is 0.423. The molecule has 8 heteroatoms. The number of aliphatic imine (C=N–C) groups is 1. The number of halogens is 2. The molecule has 1 saturated carbocycles. The molecule has 2 amide bonds. The van der Waals surface area contributed by atoms with Crippen molar-refractivity contribution < 1.29 is 28.2 Å². The Balaban J connectivity index is 1.96. The molecule has 0 aliphatic heterocycles. The van der Waals surface area contributed by atoms with E-state index in [2.05, 4.69) is 15.0 Å². The zero-order chi connectivity index (χ0) is 25.2. The Morgan fingerprint density at radius 3 is 2.41 bits per heavy atom. The molecule has 2 N–H and O–H groups in total. The van der Waals surface area contributed by atoms with E-state index in [0.29, 0.717) is 34.2 Å². The van der Waals surface area contributed by atoms with Gasteiger partial charge in [-0.1, -0.05) is 32.0 Å². The summed E-state index contributed by atoms with van der Waals surface area (Å²) in [4.78, 5) is 28.7. The van der Waals surface area contributed by atoms with Gasteiger partial charge in [-0.15, -0.1) is 0 Å². The van der Waals surface area contributed by atoms with Crippen molar-refractivity contribution in [2.75, 3.05) is 5.32 Å². The van der Waals surface area contributed by atoms with E-state index >= 15 is 0 Å². The van der Waals surface area contributed by atoms with Gasteiger partial charge < -0.3 is 15.2 Å². The number of ether oxygens (including phenoxy) is 1. The van der Waals surface area contributed by atoms with Gasteiger partial charge in [-0.2, -0.15) is 13.8 Å². The third-order valence-electron chi connectivity index (χ3n) is 5.81. The zero-order valence-electron chi connectivity index (χ0n) is 20.0. The number of benzene rings is 2. The van der Waals surface area contributed by atoms with Gasteiger partial charge in [0.2, 0.25) is 0 Å². The monoisotopic (exact) mass is 472 g/mol. The second-order valence-corrected chi connectivity index (χ2v) is 9.42. The van der Waals surface area contributed by atoms with E-state index in [9.17, 15) is 23.5 Å². The number of anilines is 1. The van der Waals surface area contributed by atoms with Crippen LogP contribution in [-0.4, -0.2) is 29.7 Å². The molecule has 0 saturated heterocycles. The number of urea groups is 1. The Morgan fingerprint density at radius 1 is 1.24 bits per heavy atom. The van der Waals surface area contributed by atoms with Gasteiger partial charge in [0.15, 0.2) is 6.29 Å². The normalized spacial score (nSPS) is 14.5. The van der Waals surface area contributed by atoms with Gasteiger partial charge in [0.1, 0.15) is 11.5 Å². The fourth-order valence-electron chi connectivity index (χ4n) is 3.87. The predicted octanol–water partition coefficient (Wildman–Crippen LogP) is 6.04.